The van der Waals surface area contributed by atoms with Crippen LogP contribution in [0.4, 0.5) is 0 Å². The first kappa shape index (κ1) is 27.6. The largest absolute Gasteiger partial charge is 0.470 e. The Morgan fingerprint density at radius 3 is 1.73 bits per heavy atom. The molecule has 22 heavy (non-hydrogen) atoms. The van der Waals surface area contributed by atoms with Crippen molar-refractivity contribution in [3.05, 3.63) is 0 Å². The van der Waals surface area contributed by atoms with Gasteiger partial charge in [0.2, 0.25) is 0 Å². The summed E-state index contributed by atoms with van der Waals surface area (Å²) in [7, 11) is -9.87. The number of hydrogen-bond acceptors (Lipinski definition) is 8. The van der Waals surface area contributed by atoms with Crippen LogP contribution in [0.3, 0.4) is 0 Å². The van der Waals surface area contributed by atoms with Gasteiger partial charge in [0.25, 0.3) is 0 Å². The van der Waals surface area contributed by atoms with Gasteiger partial charge < -0.3 is 40.4 Å². The van der Waals surface area contributed by atoms with Crippen LogP contribution in [0.2, 0.25) is 0 Å². The summed E-state index contributed by atoms with van der Waals surface area (Å²) in [5, 5.41) is 27.7. The maximum Gasteiger partial charge on any atom is 0.470 e. The van der Waals surface area contributed by atoms with Crippen molar-refractivity contribution >= 4 is 51.0 Å². The molecule has 0 aromatic carbocycles. The number of Topliss-reactive ketones (excluding diaryl/α,β-unsaturated/α-hetero) is 1. The molecule has 1 radical (unpaired) electrons. The van der Waals surface area contributed by atoms with Gasteiger partial charge in [0.05, 0.1) is 6.61 Å². The van der Waals surface area contributed by atoms with Crippen molar-refractivity contribution in [1.29, 1.82) is 0 Å². The number of phosphoric acid groups is 2. The van der Waals surface area contributed by atoms with Gasteiger partial charge in [-0.15, -0.1) is 0 Å². The van der Waals surface area contributed by atoms with Crippen LogP contribution in [0.5, 0.6) is 0 Å². The zero-order chi connectivity index (χ0) is 16.1. The van der Waals surface area contributed by atoms with E-state index in [0.29, 0.717) is 0 Å². The van der Waals surface area contributed by atoms with Crippen molar-refractivity contribution in [3.63, 3.8) is 0 Å². The Balaban J connectivity index is -0.00000180. The van der Waals surface area contributed by atoms with Crippen molar-refractivity contribution in [3.8, 4) is 0 Å². The fraction of sp³-hybridized carbons (Fsp3) is 0.833. The molecule has 0 aromatic heterocycles. The fourth-order valence-electron chi connectivity index (χ4n) is 0.906. The van der Waals surface area contributed by atoms with Crippen molar-refractivity contribution in [2.24, 2.45) is 0 Å². The zero-order valence-electron chi connectivity index (χ0n) is 11.2. The molecule has 0 bridgehead atoms. The van der Waals surface area contributed by atoms with Gasteiger partial charge >= 0.3 is 15.6 Å². The number of rotatable bonds is 9. The quantitative estimate of drug-likeness (QED) is 0.148. The van der Waals surface area contributed by atoms with Crippen LogP contribution >= 0.6 is 15.6 Å². The summed E-state index contributed by atoms with van der Waals surface area (Å²) in [5.74, 6) is -1.36. The Morgan fingerprint density at radius 1 is 0.955 bits per heavy atom. The first-order valence-electron chi connectivity index (χ1n) is 4.80. The molecule has 0 heterocycles. The molecular weight excluding hydrogens is 365 g/mol. The van der Waals surface area contributed by atoms with Gasteiger partial charge in [-0.25, -0.2) is 9.13 Å². The fourth-order valence-corrected chi connectivity index (χ4v) is 1.55. The molecule has 0 aliphatic heterocycles. The summed E-state index contributed by atoms with van der Waals surface area (Å²) in [6, 6.07) is 0. The molecule has 0 saturated heterocycles. The predicted octanol–water partition coefficient (Wildman–Crippen LogP) is -4.35. The Bertz CT molecular complexity index is 417. The van der Waals surface area contributed by atoms with E-state index in [9.17, 15) is 29.2 Å². The molecule has 0 aliphatic carbocycles. The first-order chi connectivity index (χ1) is 8.83. The van der Waals surface area contributed by atoms with Gasteiger partial charge in [0, 0.05) is 29.6 Å². The van der Waals surface area contributed by atoms with E-state index in [0.717, 1.165) is 0 Å². The van der Waals surface area contributed by atoms with E-state index in [1.165, 1.54) is 0 Å². The van der Waals surface area contributed by atoms with Gasteiger partial charge in [0.15, 0.2) is 5.78 Å². The number of hydrogen-bond donors (Lipinski definition) is 7. The maximum atomic E-state index is 11.2. The number of carbonyl (C=O) groups excluding carboxylic acids is 1. The molecule has 9 N–H and O–H groups in total. The molecule has 0 amide bonds. The van der Waals surface area contributed by atoms with Crippen LogP contribution < -0.4 is 0 Å². The van der Waals surface area contributed by atoms with Gasteiger partial charge in [-0.3, -0.25) is 13.8 Å². The van der Waals surface area contributed by atoms with Gasteiger partial charge in [-0.2, -0.15) is 0 Å². The second-order valence-electron chi connectivity index (χ2n) is 3.52. The van der Waals surface area contributed by atoms with Crippen molar-refractivity contribution in [2.45, 2.75) is 18.3 Å². The Kier molecular flexibility index (Phi) is 14.2. The summed E-state index contributed by atoms with van der Waals surface area (Å²) in [5.41, 5.74) is 0. The SMILES string of the molecule is O.O=C(COP(=O)(O)O)C(O)C(O)C(O)COP(=O)(O)O.[Na]. The standard InChI is InChI=1S/C6H14O12P2.Na.H2O/c7-3(1-17-19(11,12)13)5(9)6(10)4(8)2-18-20(14,15)16;;/h3,5-7,9-10H,1-2H2,(H2,11,12,13)(H2,14,15,16);;1H2. The van der Waals surface area contributed by atoms with E-state index >= 15 is 0 Å². The summed E-state index contributed by atoms with van der Waals surface area (Å²) in [6.07, 6.45) is -6.53. The molecule has 3 atom stereocenters. The Hall–Kier alpha value is 0.730. The van der Waals surface area contributed by atoms with Crippen molar-refractivity contribution in [2.75, 3.05) is 13.2 Å². The van der Waals surface area contributed by atoms with Crippen molar-refractivity contribution in [1.82, 2.24) is 0 Å². The topological polar surface area (TPSA) is 243 Å². The predicted molar refractivity (Wildman–Crippen MR) is 68.4 cm³/mol. The van der Waals surface area contributed by atoms with Crippen LogP contribution in [0.15, 0.2) is 0 Å². The monoisotopic (exact) mass is 381 g/mol. The average molecular weight is 381 g/mol. The van der Waals surface area contributed by atoms with E-state index < -0.39 is 53.0 Å². The molecule has 0 fully saturated rings. The summed E-state index contributed by atoms with van der Waals surface area (Å²) < 4.78 is 28.2. The van der Waals surface area contributed by atoms with E-state index in [4.69, 9.17) is 19.6 Å². The second kappa shape index (κ2) is 11.3. The minimum atomic E-state index is -4.95. The third-order valence-electron chi connectivity index (χ3n) is 1.84. The Morgan fingerprint density at radius 2 is 1.36 bits per heavy atom. The van der Waals surface area contributed by atoms with Crippen LogP contribution in [-0.4, -0.2) is 107 Å². The van der Waals surface area contributed by atoms with Crippen LogP contribution in [0.1, 0.15) is 0 Å². The number of carbonyl (C=O) groups is 1. The van der Waals surface area contributed by atoms with E-state index in [2.05, 4.69) is 9.05 Å². The van der Waals surface area contributed by atoms with Crippen LogP contribution in [0, 0.1) is 0 Å². The second-order valence-corrected chi connectivity index (χ2v) is 6.00. The van der Waals surface area contributed by atoms with Gasteiger partial charge in [-0.05, 0) is 0 Å². The van der Waals surface area contributed by atoms with Gasteiger partial charge in [0.1, 0.15) is 24.9 Å². The zero-order valence-corrected chi connectivity index (χ0v) is 15.0. The number of phosphoric ester groups is 2. The van der Waals surface area contributed by atoms with Gasteiger partial charge in [-0.1, -0.05) is 0 Å². The normalized spacial score (nSPS) is 16.0. The summed E-state index contributed by atoms with van der Waals surface area (Å²) >= 11 is 0. The molecule has 0 spiro atoms. The van der Waals surface area contributed by atoms with Crippen LogP contribution in [-0.2, 0) is 23.0 Å². The average Bonchev–Trinajstić information content (AvgIpc) is 2.29. The third kappa shape index (κ3) is 13.2. The Labute approximate surface area is 146 Å². The van der Waals surface area contributed by atoms with Crippen molar-refractivity contribution < 1.29 is 63.3 Å². The first-order valence-corrected chi connectivity index (χ1v) is 7.86. The molecule has 0 saturated carbocycles. The number of aliphatic hydroxyl groups is 3. The smallest absolute Gasteiger partial charge is 0.412 e. The number of aliphatic hydroxyl groups excluding tert-OH is 3. The molecule has 0 aromatic rings. The van der Waals surface area contributed by atoms with Crippen LogP contribution in [0.25, 0.3) is 0 Å². The molecule has 0 rings (SSSR count). The molecule has 16 heteroatoms. The molecule has 13 nitrogen and oxygen atoms in total. The molecule has 129 valence electrons. The van der Waals surface area contributed by atoms with E-state index in [-0.39, 0.29) is 35.0 Å². The molecular formula is C6H16NaO13P2. The minimum absolute atomic E-state index is 0. The number of ketones is 1. The minimum Gasteiger partial charge on any atom is -0.412 e. The molecule has 3 unspecified atom stereocenters. The van der Waals surface area contributed by atoms with E-state index in [1.807, 2.05) is 0 Å². The maximum absolute atomic E-state index is 11.2. The summed E-state index contributed by atoms with van der Waals surface area (Å²) in [6.45, 7) is -2.33. The third-order valence-corrected chi connectivity index (χ3v) is 2.79. The molecule has 0 aliphatic rings. The summed E-state index contributed by atoms with van der Waals surface area (Å²) in [4.78, 5) is 44.4. The van der Waals surface area contributed by atoms with E-state index in [1.54, 1.807) is 0 Å².